The van der Waals surface area contributed by atoms with Crippen molar-refractivity contribution in [3.8, 4) is 23.0 Å². The maximum absolute atomic E-state index is 9.89. The van der Waals surface area contributed by atoms with Gasteiger partial charge in [0.25, 0.3) is 0 Å². The van der Waals surface area contributed by atoms with Crippen LogP contribution in [0.4, 0.5) is 0 Å². The number of phenols is 2. The first kappa shape index (κ1) is 26.2. The molecule has 0 spiro atoms. The molecule has 0 saturated heterocycles. The quantitative estimate of drug-likeness (QED) is 0.254. The van der Waals surface area contributed by atoms with E-state index in [1.807, 2.05) is 24.3 Å². The monoisotopic (exact) mass is 470 g/mol. The molecule has 0 saturated carbocycles. The maximum atomic E-state index is 9.89. The summed E-state index contributed by atoms with van der Waals surface area (Å²) in [4.78, 5) is 2.64. The second-order valence-corrected chi connectivity index (χ2v) is 9.21. The number of ether oxygens (including phenoxy) is 2. The molecule has 0 bridgehead atoms. The summed E-state index contributed by atoms with van der Waals surface area (Å²) in [7, 11) is 1.66. The third kappa shape index (κ3) is 7.81. The number of nitrogens with one attached hydrogen (secondary N) is 1. The average Bonchev–Trinajstić information content (AvgIpc) is 2.85. The Kier molecular flexibility index (Phi) is 10.8. The number of rotatable bonds is 15. The van der Waals surface area contributed by atoms with Crippen LogP contribution in [0.15, 0.2) is 36.4 Å². The van der Waals surface area contributed by atoms with E-state index in [1.54, 1.807) is 19.2 Å². The molecule has 0 fully saturated rings. The van der Waals surface area contributed by atoms with Gasteiger partial charge in [0.05, 0.1) is 7.11 Å². The number of nitrogens with zero attached hydrogens (tertiary/aromatic N) is 1. The zero-order chi connectivity index (χ0) is 24.2. The summed E-state index contributed by atoms with van der Waals surface area (Å²) in [5, 5.41) is 23.1. The van der Waals surface area contributed by atoms with Crippen LogP contribution < -0.4 is 14.8 Å². The van der Waals surface area contributed by atoms with Gasteiger partial charge in [0, 0.05) is 12.6 Å². The lowest BCUT2D eigenvalue weighted by Gasteiger charge is -2.35. The summed E-state index contributed by atoms with van der Waals surface area (Å²) >= 11 is 0. The Labute approximate surface area is 204 Å². The summed E-state index contributed by atoms with van der Waals surface area (Å²) in [6.45, 7) is 6.99. The zero-order valence-electron chi connectivity index (χ0n) is 20.9. The molecule has 3 rings (SSSR count). The van der Waals surface area contributed by atoms with Gasteiger partial charge in [0.1, 0.15) is 6.61 Å². The van der Waals surface area contributed by atoms with Gasteiger partial charge in [-0.3, -0.25) is 0 Å². The molecule has 0 aliphatic heterocycles. The van der Waals surface area contributed by atoms with Gasteiger partial charge in [-0.05, 0) is 93.6 Å². The van der Waals surface area contributed by atoms with Crippen LogP contribution in [0, 0.1) is 0 Å². The van der Waals surface area contributed by atoms with Gasteiger partial charge in [-0.2, -0.15) is 0 Å². The largest absolute Gasteiger partial charge is 0.504 e. The predicted molar refractivity (Wildman–Crippen MR) is 137 cm³/mol. The van der Waals surface area contributed by atoms with Gasteiger partial charge in [-0.1, -0.05) is 31.9 Å². The third-order valence-electron chi connectivity index (χ3n) is 6.68. The summed E-state index contributed by atoms with van der Waals surface area (Å²) in [5.41, 5.74) is 2.37. The number of phenolic OH excluding ortho intramolecular Hbond substituents is 2. The minimum Gasteiger partial charge on any atom is -0.504 e. The summed E-state index contributed by atoms with van der Waals surface area (Å²) < 4.78 is 11.1. The third-order valence-corrected chi connectivity index (χ3v) is 6.68. The topological polar surface area (TPSA) is 74.2 Å². The smallest absolute Gasteiger partial charge is 0.161 e. The normalized spacial score (nSPS) is 15.3. The number of hydrogen-bond acceptors (Lipinski definition) is 6. The van der Waals surface area contributed by atoms with Crippen molar-refractivity contribution in [1.82, 2.24) is 10.2 Å². The van der Waals surface area contributed by atoms with Crippen molar-refractivity contribution in [2.75, 3.05) is 39.9 Å². The molecule has 6 nitrogen and oxygen atoms in total. The van der Waals surface area contributed by atoms with Crippen LogP contribution in [-0.4, -0.2) is 61.1 Å². The molecule has 0 heterocycles. The Morgan fingerprint density at radius 1 is 0.941 bits per heavy atom. The highest BCUT2D eigenvalue weighted by atomic mass is 16.5. The Morgan fingerprint density at radius 2 is 1.68 bits per heavy atom. The fourth-order valence-electron chi connectivity index (χ4n) is 4.85. The van der Waals surface area contributed by atoms with Crippen LogP contribution in [0.2, 0.25) is 0 Å². The van der Waals surface area contributed by atoms with Crippen LogP contribution in [0.1, 0.15) is 56.6 Å². The minimum absolute atomic E-state index is 0.000977. The molecule has 3 N–H and O–H groups in total. The molecule has 0 unspecified atom stereocenters. The van der Waals surface area contributed by atoms with Gasteiger partial charge in [-0.25, -0.2) is 0 Å². The fraction of sp³-hybridized carbons (Fsp3) is 0.571. The molecule has 6 heteroatoms. The molecule has 2 aromatic rings. The van der Waals surface area contributed by atoms with Crippen molar-refractivity contribution in [3.05, 3.63) is 47.5 Å². The van der Waals surface area contributed by atoms with Gasteiger partial charge in [-0.15, -0.1) is 0 Å². The Morgan fingerprint density at radius 3 is 2.44 bits per heavy atom. The lowest BCUT2D eigenvalue weighted by Crippen LogP contribution is -2.40. The van der Waals surface area contributed by atoms with Gasteiger partial charge in [0.15, 0.2) is 23.0 Å². The second kappa shape index (κ2) is 14.1. The first-order valence-corrected chi connectivity index (χ1v) is 12.9. The maximum Gasteiger partial charge on any atom is 0.161 e. The first-order valence-electron chi connectivity index (χ1n) is 12.9. The number of fused-ring (bicyclic) bond motifs is 1. The first-order chi connectivity index (χ1) is 16.6. The molecule has 1 aliphatic rings. The molecular weight excluding hydrogens is 428 g/mol. The predicted octanol–water partition coefficient (Wildman–Crippen LogP) is 4.90. The van der Waals surface area contributed by atoms with Crippen LogP contribution >= 0.6 is 0 Å². The fourth-order valence-corrected chi connectivity index (χ4v) is 4.85. The number of methoxy groups -OCH3 is 1. The number of benzene rings is 2. The molecule has 0 radical (unpaired) electrons. The number of aryl methyl sites for hydroxylation is 1. The van der Waals surface area contributed by atoms with Gasteiger partial charge < -0.3 is 29.9 Å². The van der Waals surface area contributed by atoms with E-state index in [9.17, 15) is 10.2 Å². The number of hydrogen-bond donors (Lipinski definition) is 3. The van der Waals surface area contributed by atoms with E-state index in [4.69, 9.17) is 9.47 Å². The van der Waals surface area contributed by atoms with Crippen molar-refractivity contribution in [2.45, 2.75) is 64.3 Å². The van der Waals surface area contributed by atoms with Gasteiger partial charge >= 0.3 is 0 Å². The van der Waals surface area contributed by atoms with E-state index < -0.39 is 0 Å². The van der Waals surface area contributed by atoms with Crippen molar-refractivity contribution < 1.29 is 19.7 Å². The van der Waals surface area contributed by atoms with E-state index in [0.29, 0.717) is 12.6 Å². The van der Waals surface area contributed by atoms with Crippen molar-refractivity contribution >= 4 is 0 Å². The summed E-state index contributed by atoms with van der Waals surface area (Å²) in [6, 6.07) is 11.8. The molecule has 34 heavy (non-hydrogen) atoms. The summed E-state index contributed by atoms with van der Waals surface area (Å²) in [5.74, 6) is 1.57. The van der Waals surface area contributed by atoms with Crippen molar-refractivity contribution in [3.63, 3.8) is 0 Å². The lowest BCUT2D eigenvalue weighted by atomic mass is 9.87. The molecule has 0 amide bonds. The minimum atomic E-state index is 0.000977. The van der Waals surface area contributed by atoms with Crippen molar-refractivity contribution in [2.24, 2.45) is 0 Å². The number of unbranched alkanes of at least 4 members (excludes halogenated alkanes) is 3. The SMILES string of the molecule is CCCN(CCCCCCNCCOc1ccccc1OC)[C@@H]1CCc2cc(O)c(O)cc2C1. The van der Waals surface area contributed by atoms with E-state index in [1.165, 1.54) is 36.8 Å². The van der Waals surface area contributed by atoms with E-state index in [0.717, 1.165) is 63.4 Å². The van der Waals surface area contributed by atoms with Crippen LogP contribution in [0.5, 0.6) is 23.0 Å². The zero-order valence-corrected chi connectivity index (χ0v) is 20.9. The lowest BCUT2D eigenvalue weighted by molar-refractivity contribution is 0.175. The average molecular weight is 471 g/mol. The van der Waals surface area contributed by atoms with E-state index >= 15 is 0 Å². The van der Waals surface area contributed by atoms with Crippen LogP contribution in [0.25, 0.3) is 0 Å². The standard InChI is InChI=1S/C28H42N2O4/c1-3-16-30(24-13-12-22-20-25(31)26(32)21-23(22)19-24)17-9-5-4-8-14-29-15-18-34-28-11-7-6-10-27(28)33-2/h6-7,10-11,20-21,24,29,31-32H,3-5,8-9,12-19H2,1-2H3/t24-/m1/s1. The molecule has 188 valence electrons. The Hall–Kier alpha value is -2.44. The van der Waals surface area contributed by atoms with Crippen LogP contribution in [-0.2, 0) is 12.8 Å². The highest BCUT2D eigenvalue weighted by Gasteiger charge is 2.24. The number of para-hydroxylation sites is 2. The summed E-state index contributed by atoms with van der Waals surface area (Å²) in [6.07, 6.45) is 9.11. The Bertz CT molecular complexity index is 873. The molecule has 2 aromatic carbocycles. The molecular formula is C28H42N2O4. The number of aromatic hydroxyl groups is 2. The highest BCUT2D eigenvalue weighted by Crippen LogP contribution is 2.34. The molecule has 0 aromatic heterocycles. The van der Waals surface area contributed by atoms with E-state index in [2.05, 4.69) is 17.1 Å². The molecule has 1 aliphatic carbocycles. The van der Waals surface area contributed by atoms with Crippen LogP contribution in [0.3, 0.4) is 0 Å². The highest BCUT2D eigenvalue weighted by molar-refractivity contribution is 5.46. The van der Waals surface area contributed by atoms with E-state index in [-0.39, 0.29) is 11.5 Å². The second-order valence-electron chi connectivity index (χ2n) is 9.21. The Balaban J connectivity index is 1.28. The van der Waals surface area contributed by atoms with Gasteiger partial charge in [0.2, 0.25) is 0 Å². The van der Waals surface area contributed by atoms with Crippen molar-refractivity contribution in [1.29, 1.82) is 0 Å². The molecule has 1 atom stereocenters.